The van der Waals surface area contributed by atoms with Gasteiger partial charge in [-0.15, -0.1) is 0 Å². The van der Waals surface area contributed by atoms with E-state index < -0.39 is 10.1 Å². The van der Waals surface area contributed by atoms with Crippen LogP contribution in [0.2, 0.25) is 0 Å². The molecule has 0 aliphatic carbocycles. The fourth-order valence-corrected chi connectivity index (χ4v) is 3.10. The Morgan fingerprint density at radius 1 is 1.19 bits per heavy atom. The summed E-state index contributed by atoms with van der Waals surface area (Å²) in [4.78, 5) is 16.0. The molecule has 154 valence electrons. The van der Waals surface area contributed by atoms with Gasteiger partial charge in [0, 0.05) is 50.6 Å². The maximum atomic E-state index is 12.3. The van der Waals surface area contributed by atoms with E-state index in [1.54, 1.807) is 24.1 Å². The number of urea groups is 1. The number of carbonyl (C=O) groups excluding carboxylic acids is 1. The molecule has 1 aromatic carbocycles. The number of carbonyl (C=O) groups is 1. The van der Waals surface area contributed by atoms with Crippen LogP contribution in [-0.2, 0) is 21.4 Å². The average molecular weight is 402 g/mol. The van der Waals surface area contributed by atoms with E-state index >= 15 is 0 Å². The summed E-state index contributed by atoms with van der Waals surface area (Å²) in [7, 11) is -2.14. The van der Waals surface area contributed by atoms with Crippen molar-refractivity contribution >= 4 is 21.8 Å². The summed E-state index contributed by atoms with van der Waals surface area (Å²) in [5.74, 6) is 0.230. The first-order valence-corrected chi connectivity index (χ1v) is 10.9. The Labute approximate surface area is 162 Å². The van der Waals surface area contributed by atoms with Gasteiger partial charge < -0.3 is 24.0 Å². The minimum atomic E-state index is -3.70. The van der Waals surface area contributed by atoms with Gasteiger partial charge in [-0.1, -0.05) is 6.07 Å². The lowest BCUT2D eigenvalue weighted by Gasteiger charge is -2.25. The number of rotatable bonds is 11. The van der Waals surface area contributed by atoms with Gasteiger partial charge in [-0.3, -0.25) is 0 Å². The molecule has 0 unspecified atom stereocenters. The topological polar surface area (TPSA) is 88.2 Å². The molecule has 0 radical (unpaired) electrons. The summed E-state index contributed by atoms with van der Waals surface area (Å²) in [6, 6.07) is 5.17. The highest BCUT2D eigenvalue weighted by molar-refractivity contribution is 7.86. The molecule has 0 fully saturated rings. The lowest BCUT2D eigenvalue weighted by atomic mass is 10.1. The summed E-state index contributed by atoms with van der Waals surface area (Å²) in [6.45, 7) is 8.90. The van der Waals surface area contributed by atoms with Crippen molar-refractivity contribution in [3.8, 4) is 5.75 Å². The molecular formula is C18H31N3O5S. The standard InChI is InChI=1S/C18H31N3O5S/c1-6-19-18(22)21(11-12-25-4)14-15-9-10-16(20(7-2)8-3)13-17(15)26-27(5,23)24/h9-10,13H,6-8,11-12,14H2,1-5H3,(H,19,22). The monoisotopic (exact) mass is 401 g/mol. The second-order valence-corrected chi connectivity index (χ2v) is 7.58. The van der Waals surface area contributed by atoms with E-state index in [2.05, 4.69) is 10.2 Å². The van der Waals surface area contributed by atoms with Gasteiger partial charge in [0.25, 0.3) is 0 Å². The molecule has 0 heterocycles. The molecule has 0 aliphatic heterocycles. The van der Waals surface area contributed by atoms with Crippen molar-refractivity contribution in [2.45, 2.75) is 27.3 Å². The van der Waals surface area contributed by atoms with Crippen LogP contribution < -0.4 is 14.4 Å². The highest BCUT2D eigenvalue weighted by Crippen LogP contribution is 2.28. The van der Waals surface area contributed by atoms with Crippen molar-refractivity contribution in [2.24, 2.45) is 0 Å². The number of nitrogens with zero attached hydrogens (tertiary/aromatic N) is 2. The van der Waals surface area contributed by atoms with E-state index in [-0.39, 0.29) is 18.3 Å². The van der Waals surface area contributed by atoms with Gasteiger partial charge >= 0.3 is 16.1 Å². The maximum Gasteiger partial charge on any atom is 0.317 e. The third-order valence-electron chi connectivity index (χ3n) is 3.96. The van der Waals surface area contributed by atoms with Crippen LogP contribution in [0.3, 0.4) is 0 Å². The van der Waals surface area contributed by atoms with Crippen molar-refractivity contribution in [3.63, 3.8) is 0 Å². The lowest BCUT2D eigenvalue weighted by Crippen LogP contribution is -2.41. The molecule has 27 heavy (non-hydrogen) atoms. The second-order valence-electron chi connectivity index (χ2n) is 6.00. The molecule has 9 heteroatoms. The molecule has 0 saturated heterocycles. The van der Waals surface area contributed by atoms with Gasteiger partial charge in [-0.05, 0) is 26.8 Å². The minimum Gasteiger partial charge on any atom is -0.383 e. The van der Waals surface area contributed by atoms with E-state index in [4.69, 9.17) is 8.92 Å². The zero-order valence-corrected chi connectivity index (χ0v) is 17.6. The quantitative estimate of drug-likeness (QED) is 0.571. The number of benzene rings is 1. The number of hydrogen-bond donors (Lipinski definition) is 1. The van der Waals surface area contributed by atoms with Gasteiger partial charge in [0.1, 0.15) is 5.75 Å². The molecule has 0 saturated carbocycles. The normalized spacial score (nSPS) is 11.1. The smallest absolute Gasteiger partial charge is 0.317 e. The highest BCUT2D eigenvalue weighted by Gasteiger charge is 2.18. The third kappa shape index (κ3) is 7.64. The van der Waals surface area contributed by atoms with Gasteiger partial charge in [0.05, 0.1) is 19.4 Å². The van der Waals surface area contributed by atoms with Crippen molar-refractivity contribution in [1.29, 1.82) is 0 Å². The number of amides is 2. The van der Waals surface area contributed by atoms with Crippen LogP contribution in [0.15, 0.2) is 18.2 Å². The summed E-state index contributed by atoms with van der Waals surface area (Å²) in [6.07, 6.45) is 1.01. The molecule has 0 bridgehead atoms. The number of hydrogen-bond acceptors (Lipinski definition) is 6. The van der Waals surface area contributed by atoms with E-state index in [1.165, 1.54) is 0 Å². The molecule has 0 atom stereocenters. The second kappa shape index (κ2) is 11.0. The Morgan fingerprint density at radius 3 is 2.37 bits per heavy atom. The van der Waals surface area contributed by atoms with Crippen LogP contribution in [0.25, 0.3) is 0 Å². The lowest BCUT2D eigenvalue weighted by molar-refractivity contribution is 0.146. The minimum absolute atomic E-state index is 0.207. The Hall–Kier alpha value is -2.00. The molecule has 2 amide bonds. The molecule has 0 aromatic heterocycles. The summed E-state index contributed by atoms with van der Waals surface area (Å²) in [5, 5.41) is 2.75. The summed E-state index contributed by atoms with van der Waals surface area (Å²) >= 11 is 0. The van der Waals surface area contributed by atoms with Gasteiger partial charge in [-0.25, -0.2) is 4.79 Å². The summed E-state index contributed by atoms with van der Waals surface area (Å²) < 4.78 is 33.7. The predicted molar refractivity (Wildman–Crippen MR) is 107 cm³/mol. The van der Waals surface area contributed by atoms with Crippen molar-refractivity contribution in [3.05, 3.63) is 23.8 Å². The Kier molecular flexibility index (Phi) is 9.37. The molecular weight excluding hydrogens is 370 g/mol. The SMILES string of the molecule is CCNC(=O)N(CCOC)Cc1ccc(N(CC)CC)cc1OS(C)(=O)=O. The van der Waals surface area contributed by atoms with Gasteiger partial charge in [0.15, 0.2) is 0 Å². The first-order valence-electron chi connectivity index (χ1n) is 9.04. The van der Waals surface area contributed by atoms with Gasteiger partial charge in [0.2, 0.25) is 0 Å². The Morgan fingerprint density at radius 2 is 1.85 bits per heavy atom. The van der Waals surface area contributed by atoms with E-state index in [0.717, 1.165) is 25.0 Å². The molecule has 1 aromatic rings. The predicted octanol–water partition coefficient (Wildman–Crippen LogP) is 2.05. The molecule has 8 nitrogen and oxygen atoms in total. The van der Waals surface area contributed by atoms with Crippen LogP contribution >= 0.6 is 0 Å². The van der Waals surface area contributed by atoms with E-state index in [9.17, 15) is 13.2 Å². The zero-order chi connectivity index (χ0) is 20.4. The first-order chi connectivity index (χ1) is 12.8. The molecule has 0 aliphatic rings. The van der Waals surface area contributed by atoms with Crippen molar-refractivity contribution in [2.75, 3.05) is 51.1 Å². The zero-order valence-electron chi connectivity index (χ0n) is 16.8. The number of methoxy groups -OCH3 is 1. The average Bonchev–Trinajstić information content (AvgIpc) is 2.60. The van der Waals surface area contributed by atoms with Crippen LogP contribution in [0, 0.1) is 0 Å². The van der Waals surface area contributed by atoms with Crippen LogP contribution in [0.4, 0.5) is 10.5 Å². The number of ether oxygens (including phenoxy) is 1. The maximum absolute atomic E-state index is 12.3. The molecule has 1 rings (SSSR count). The third-order valence-corrected chi connectivity index (χ3v) is 4.44. The van der Waals surface area contributed by atoms with Crippen LogP contribution in [0.1, 0.15) is 26.3 Å². The Bertz CT molecular complexity index is 705. The fraction of sp³-hybridized carbons (Fsp3) is 0.611. The Balaban J connectivity index is 3.23. The van der Waals surface area contributed by atoms with E-state index in [1.807, 2.05) is 26.8 Å². The number of anilines is 1. The largest absolute Gasteiger partial charge is 0.383 e. The first kappa shape index (κ1) is 23.0. The van der Waals surface area contributed by atoms with Crippen LogP contribution in [-0.4, -0.2) is 65.5 Å². The van der Waals surface area contributed by atoms with Crippen molar-refractivity contribution < 1.29 is 22.1 Å². The van der Waals surface area contributed by atoms with E-state index in [0.29, 0.717) is 25.3 Å². The fourth-order valence-electron chi connectivity index (χ4n) is 2.62. The molecule has 0 spiro atoms. The van der Waals surface area contributed by atoms with Gasteiger partial charge in [-0.2, -0.15) is 8.42 Å². The summed E-state index contributed by atoms with van der Waals surface area (Å²) in [5.41, 5.74) is 1.47. The molecule has 1 N–H and O–H groups in total. The van der Waals surface area contributed by atoms with Crippen molar-refractivity contribution in [1.82, 2.24) is 10.2 Å². The highest BCUT2D eigenvalue weighted by atomic mass is 32.2. The number of nitrogens with one attached hydrogen (secondary N) is 1. The van der Waals surface area contributed by atoms with Crippen LogP contribution in [0.5, 0.6) is 5.75 Å².